The summed E-state index contributed by atoms with van der Waals surface area (Å²) < 4.78 is 5.34. The normalized spacial score (nSPS) is 10.2. The van der Waals surface area contributed by atoms with E-state index < -0.39 is 0 Å². The van der Waals surface area contributed by atoms with E-state index in [4.69, 9.17) is 4.42 Å². The van der Waals surface area contributed by atoms with Gasteiger partial charge in [-0.05, 0) is 12.1 Å². The van der Waals surface area contributed by atoms with Gasteiger partial charge in [-0.1, -0.05) is 12.1 Å². The van der Waals surface area contributed by atoms with E-state index in [0.717, 1.165) is 11.1 Å². The Hall–Kier alpha value is -1.84. The summed E-state index contributed by atoms with van der Waals surface area (Å²) in [5.74, 6) is 0.522. The van der Waals surface area contributed by atoms with E-state index in [1.165, 1.54) is 0 Å². The second-order valence-electron chi connectivity index (χ2n) is 2.57. The lowest BCUT2D eigenvalue weighted by Gasteiger charge is -1.89. The number of aromatic nitrogens is 1. The quantitative estimate of drug-likeness (QED) is 0.712. The Morgan fingerprint density at radius 2 is 2.31 bits per heavy atom. The van der Waals surface area contributed by atoms with Crippen LogP contribution in [0.15, 0.2) is 28.7 Å². The van der Waals surface area contributed by atoms with Crippen LogP contribution in [-0.2, 0) is 11.3 Å². The summed E-state index contributed by atoms with van der Waals surface area (Å²) in [6, 6.07) is 7.47. The first-order chi connectivity index (χ1) is 6.40. The molecule has 0 bridgehead atoms. The van der Waals surface area contributed by atoms with Crippen LogP contribution in [0, 0.1) is 0 Å². The van der Waals surface area contributed by atoms with Crippen LogP contribution in [0.1, 0.15) is 5.89 Å². The molecule has 1 aromatic carbocycles. The average Bonchev–Trinajstić information content (AvgIpc) is 2.57. The number of benzene rings is 1. The zero-order chi connectivity index (χ0) is 9.10. The summed E-state index contributed by atoms with van der Waals surface area (Å²) in [4.78, 5) is 14.2. The van der Waals surface area contributed by atoms with E-state index in [-0.39, 0.29) is 0 Å². The molecule has 0 aliphatic carbocycles. The lowest BCUT2D eigenvalue weighted by Crippen LogP contribution is -2.09. The summed E-state index contributed by atoms with van der Waals surface area (Å²) in [5.41, 5.74) is 1.55. The number of carbonyl (C=O) groups excluding carboxylic acids is 1. The highest BCUT2D eigenvalue weighted by atomic mass is 16.3. The molecule has 4 nitrogen and oxygen atoms in total. The van der Waals surface area contributed by atoms with Crippen molar-refractivity contribution in [2.75, 3.05) is 0 Å². The molecule has 4 heteroatoms. The van der Waals surface area contributed by atoms with Crippen molar-refractivity contribution < 1.29 is 9.21 Å². The van der Waals surface area contributed by atoms with Gasteiger partial charge in [0.05, 0.1) is 6.54 Å². The summed E-state index contributed by atoms with van der Waals surface area (Å²) in [7, 11) is 0. The number of hydrogen-bond acceptors (Lipinski definition) is 3. The molecular weight excluding hydrogens is 168 g/mol. The fourth-order valence-electron chi connectivity index (χ4n) is 1.12. The minimum atomic E-state index is 0.332. The maximum Gasteiger partial charge on any atom is 0.214 e. The maximum atomic E-state index is 10.0. The molecule has 13 heavy (non-hydrogen) atoms. The van der Waals surface area contributed by atoms with Gasteiger partial charge < -0.3 is 9.73 Å². The van der Waals surface area contributed by atoms with Gasteiger partial charge in [0.25, 0.3) is 0 Å². The van der Waals surface area contributed by atoms with Gasteiger partial charge >= 0.3 is 0 Å². The van der Waals surface area contributed by atoms with Crippen molar-refractivity contribution >= 4 is 17.5 Å². The van der Waals surface area contributed by atoms with Gasteiger partial charge in [0, 0.05) is 0 Å². The lowest BCUT2D eigenvalue weighted by atomic mass is 10.3. The van der Waals surface area contributed by atoms with Gasteiger partial charge in [-0.3, -0.25) is 4.79 Å². The van der Waals surface area contributed by atoms with Gasteiger partial charge in [0.15, 0.2) is 5.58 Å². The van der Waals surface area contributed by atoms with Crippen molar-refractivity contribution in [2.24, 2.45) is 0 Å². The first-order valence-electron chi connectivity index (χ1n) is 3.91. The van der Waals surface area contributed by atoms with Crippen molar-refractivity contribution in [3.8, 4) is 0 Å². The number of hydrogen-bond donors (Lipinski definition) is 1. The molecule has 1 N–H and O–H groups in total. The summed E-state index contributed by atoms with van der Waals surface area (Å²) in [6.45, 7) is 0.332. The standard InChI is InChI=1S/C9H8N2O2/c12-6-10-5-9-11-7-3-1-2-4-8(7)13-9/h1-4,6H,5H2,(H,10,12). The first kappa shape index (κ1) is 7.79. The Morgan fingerprint density at radius 3 is 3.08 bits per heavy atom. The molecule has 0 saturated heterocycles. The molecule has 2 aromatic rings. The van der Waals surface area contributed by atoms with Crippen LogP contribution in [0.5, 0.6) is 0 Å². The van der Waals surface area contributed by atoms with Gasteiger partial charge in [0.2, 0.25) is 12.3 Å². The molecule has 1 amide bonds. The maximum absolute atomic E-state index is 10.0. The third kappa shape index (κ3) is 1.51. The van der Waals surface area contributed by atoms with Gasteiger partial charge in [-0.2, -0.15) is 0 Å². The van der Waals surface area contributed by atoms with Crippen LogP contribution >= 0.6 is 0 Å². The Morgan fingerprint density at radius 1 is 1.46 bits per heavy atom. The SMILES string of the molecule is O=CNCc1nc2ccccc2o1. The van der Waals surface area contributed by atoms with Crippen LogP contribution in [0.2, 0.25) is 0 Å². The second-order valence-corrected chi connectivity index (χ2v) is 2.57. The summed E-state index contributed by atoms with van der Waals surface area (Å²) >= 11 is 0. The number of oxazole rings is 1. The first-order valence-corrected chi connectivity index (χ1v) is 3.91. The van der Waals surface area contributed by atoms with Crippen LogP contribution < -0.4 is 5.32 Å². The summed E-state index contributed by atoms with van der Waals surface area (Å²) in [6.07, 6.45) is 0.620. The monoisotopic (exact) mass is 176 g/mol. The van der Waals surface area contributed by atoms with Crippen molar-refractivity contribution in [3.63, 3.8) is 0 Å². The number of amides is 1. The molecule has 0 aliphatic rings. The molecule has 0 fully saturated rings. The van der Waals surface area contributed by atoms with E-state index in [2.05, 4.69) is 10.3 Å². The number of fused-ring (bicyclic) bond motifs is 1. The predicted octanol–water partition coefficient (Wildman–Crippen LogP) is 1.07. The third-order valence-corrected chi connectivity index (χ3v) is 1.67. The van der Waals surface area contributed by atoms with E-state index in [9.17, 15) is 4.79 Å². The largest absolute Gasteiger partial charge is 0.439 e. The van der Waals surface area contributed by atoms with Crippen LogP contribution in [0.4, 0.5) is 0 Å². The fourth-order valence-corrected chi connectivity index (χ4v) is 1.12. The van der Waals surface area contributed by atoms with E-state index in [1.807, 2.05) is 24.3 Å². The average molecular weight is 176 g/mol. The predicted molar refractivity (Wildman–Crippen MR) is 46.9 cm³/mol. The zero-order valence-electron chi connectivity index (χ0n) is 6.86. The molecule has 66 valence electrons. The molecule has 0 radical (unpaired) electrons. The molecule has 0 spiro atoms. The highest BCUT2D eigenvalue weighted by Crippen LogP contribution is 2.13. The molecule has 0 saturated carbocycles. The molecule has 1 aromatic heterocycles. The van der Waals surface area contributed by atoms with Crippen LogP contribution in [0.3, 0.4) is 0 Å². The van der Waals surface area contributed by atoms with E-state index in [1.54, 1.807) is 0 Å². The van der Waals surface area contributed by atoms with Crippen molar-refractivity contribution in [2.45, 2.75) is 6.54 Å². The Balaban J connectivity index is 2.32. The molecule has 0 atom stereocenters. The van der Waals surface area contributed by atoms with E-state index >= 15 is 0 Å². The van der Waals surface area contributed by atoms with Gasteiger partial charge in [-0.25, -0.2) is 4.98 Å². The highest BCUT2D eigenvalue weighted by molar-refractivity contribution is 5.72. The topological polar surface area (TPSA) is 55.1 Å². The van der Waals surface area contributed by atoms with Crippen LogP contribution in [0.25, 0.3) is 11.1 Å². The molecular formula is C9H8N2O2. The molecule has 1 heterocycles. The number of nitrogens with one attached hydrogen (secondary N) is 1. The van der Waals surface area contributed by atoms with Gasteiger partial charge in [-0.15, -0.1) is 0 Å². The second kappa shape index (κ2) is 3.26. The number of para-hydroxylation sites is 2. The highest BCUT2D eigenvalue weighted by Gasteiger charge is 2.02. The number of carbonyl (C=O) groups is 1. The Labute approximate surface area is 74.6 Å². The zero-order valence-corrected chi connectivity index (χ0v) is 6.86. The summed E-state index contributed by atoms with van der Waals surface area (Å²) in [5, 5.41) is 2.49. The van der Waals surface area contributed by atoms with Crippen LogP contribution in [-0.4, -0.2) is 11.4 Å². The number of nitrogens with zero attached hydrogens (tertiary/aromatic N) is 1. The Kier molecular flexibility index (Phi) is 1.96. The third-order valence-electron chi connectivity index (χ3n) is 1.67. The fraction of sp³-hybridized carbons (Fsp3) is 0.111. The lowest BCUT2D eigenvalue weighted by molar-refractivity contribution is -0.109. The molecule has 2 rings (SSSR count). The van der Waals surface area contributed by atoms with Crippen molar-refractivity contribution in [1.82, 2.24) is 10.3 Å². The minimum absolute atomic E-state index is 0.332. The smallest absolute Gasteiger partial charge is 0.214 e. The minimum Gasteiger partial charge on any atom is -0.439 e. The Bertz CT molecular complexity index is 389. The van der Waals surface area contributed by atoms with E-state index in [0.29, 0.717) is 18.8 Å². The van der Waals surface area contributed by atoms with Gasteiger partial charge in [0.1, 0.15) is 5.52 Å². The number of rotatable bonds is 3. The van der Waals surface area contributed by atoms with Crippen molar-refractivity contribution in [1.29, 1.82) is 0 Å². The molecule has 0 aliphatic heterocycles. The molecule has 0 unspecified atom stereocenters. The van der Waals surface area contributed by atoms with Crippen molar-refractivity contribution in [3.05, 3.63) is 30.2 Å².